The maximum atomic E-state index is 6.60. The Bertz CT molecular complexity index is 905. The second kappa shape index (κ2) is 7.93. The summed E-state index contributed by atoms with van der Waals surface area (Å²) in [4.78, 5) is 7.43. The molecule has 0 spiro atoms. The van der Waals surface area contributed by atoms with Crippen molar-refractivity contribution in [1.82, 2.24) is 15.2 Å². The third-order valence-electron chi connectivity index (χ3n) is 4.90. The lowest BCUT2D eigenvalue weighted by Gasteiger charge is -2.31. The summed E-state index contributed by atoms with van der Waals surface area (Å²) < 4.78 is 0. The zero-order valence-corrected chi connectivity index (χ0v) is 16.0. The smallest absolute Gasteiger partial charge is 0.0791 e. The number of para-hydroxylation sites is 1. The van der Waals surface area contributed by atoms with Crippen LogP contribution < -0.4 is 5.32 Å². The van der Waals surface area contributed by atoms with E-state index in [0.717, 1.165) is 54.8 Å². The van der Waals surface area contributed by atoms with Crippen LogP contribution in [0.2, 0.25) is 10.0 Å². The lowest BCUT2D eigenvalue weighted by molar-refractivity contribution is 0.238. The molecule has 3 nitrogen and oxygen atoms in total. The number of fused-ring (bicyclic) bond motifs is 1. The zero-order chi connectivity index (χ0) is 17.9. The van der Waals surface area contributed by atoms with Gasteiger partial charge < -0.3 is 5.32 Å². The molecule has 0 aliphatic carbocycles. The normalized spacial score (nSPS) is 17.2. The molecule has 2 aromatic carbocycles. The van der Waals surface area contributed by atoms with E-state index in [2.05, 4.69) is 34.5 Å². The molecule has 4 rings (SSSR count). The summed E-state index contributed by atoms with van der Waals surface area (Å²) in [7, 11) is 0. The van der Waals surface area contributed by atoms with Gasteiger partial charge in [-0.1, -0.05) is 53.5 Å². The third kappa shape index (κ3) is 3.72. The molecule has 3 aromatic rings. The molecule has 1 unspecified atom stereocenters. The van der Waals surface area contributed by atoms with Crippen LogP contribution in [-0.2, 0) is 0 Å². The summed E-state index contributed by atoms with van der Waals surface area (Å²) in [6.07, 6.45) is 1.11. The Hall–Kier alpha value is -1.65. The van der Waals surface area contributed by atoms with Gasteiger partial charge in [0.05, 0.1) is 17.3 Å². The molecule has 1 atom stereocenters. The number of benzene rings is 2. The molecule has 0 amide bonds. The van der Waals surface area contributed by atoms with E-state index >= 15 is 0 Å². The largest absolute Gasteiger partial charge is 0.315 e. The van der Waals surface area contributed by atoms with E-state index in [0.29, 0.717) is 10.0 Å². The number of hydrogen-bond donors (Lipinski definition) is 1. The molecule has 1 N–H and O–H groups in total. The average Bonchev–Trinajstić information content (AvgIpc) is 2.93. The van der Waals surface area contributed by atoms with Crippen molar-refractivity contribution in [3.8, 4) is 0 Å². The molecular weight excluding hydrogens is 365 g/mol. The monoisotopic (exact) mass is 385 g/mol. The fraction of sp³-hybridized carbons (Fsp3) is 0.286. The maximum absolute atomic E-state index is 6.60. The summed E-state index contributed by atoms with van der Waals surface area (Å²) in [5.74, 6) is 0. The number of nitrogens with one attached hydrogen (secondary N) is 1. The first-order chi connectivity index (χ1) is 12.7. The van der Waals surface area contributed by atoms with E-state index in [1.54, 1.807) is 0 Å². The molecular formula is C21H21Cl2N3. The molecule has 0 radical (unpaired) electrons. The first-order valence-corrected chi connectivity index (χ1v) is 9.73. The van der Waals surface area contributed by atoms with Crippen molar-refractivity contribution in [1.29, 1.82) is 0 Å². The lowest BCUT2D eigenvalue weighted by atomic mass is 10.00. The highest BCUT2D eigenvalue weighted by Crippen LogP contribution is 2.35. The van der Waals surface area contributed by atoms with Gasteiger partial charge in [0, 0.05) is 35.1 Å². The van der Waals surface area contributed by atoms with Gasteiger partial charge in [0.1, 0.15) is 0 Å². The number of aromatic nitrogens is 1. The minimum Gasteiger partial charge on any atom is -0.315 e. The molecule has 1 fully saturated rings. The minimum atomic E-state index is 0.0178. The van der Waals surface area contributed by atoms with E-state index in [1.165, 1.54) is 0 Å². The van der Waals surface area contributed by atoms with E-state index in [1.807, 2.05) is 30.3 Å². The van der Waals surface area contributed by atoms with Crippen LogP contribution in [0.25, 0.3) is 10.9 Å². The Labute approximate surface area is 163 Å². The molecule has 1 aliphatic rings. The Balaban J connectivity index is 1.82. The lowest BCUT2D eigenvalue weighted by Crippen LogP contribution is -2.33. The molecule has 1 saturated heterocycles. The standard InChI is InChI=1S/C21H21Cl2N3/c22-16-7-8-17(18(23)14-16)21(26-12-3-10-24-11-13-26)20-9-6-15-4-1-2-5-19(15)25-20/h1-2,4-9,14,21,24H,3,10-13H2. The fourth-order valence-electron chi connectivity index (χ4n) is 3.63. The van der Waals surface area contributed by atoms with Gasteiger partial charge >= 0.3 is 0 Å². The van der Waals surface area contributed by atoms with Crippen LogP contribution in [0.15, 0.2) is 54.6 Å². The Morgan fingerprint density at radius 2 is 1.85 bits per heavy atom. The van der Waals surface area contributed by atoms with Crippen LogP contribution in [0, 0.1) is 0 Å². The van der Waals surface area contributed by atoms with Crippen LogP contribution in [0.5, 0.6) is 0 Å². The minimum absolute atomic E-state index is 0.0178. The molecule has 26 heavy (non-hydrogen) atoms. The van der Waals surface area contributed by atoms with Crippen molar-refractivity contribution < 1.29 is 0 Å². The van der Waals surface area contributed by atoms with Crippen molar-refractivity contribution in [3.63, 3.8) is 0 Å². The van der Waals surface area contributed by atoms with Crippen molar-refractivity contribution in [2.45, 2.75) is 12.5 Å². The highest BCUT2D eigenvalue weighted by Gasteiger charge is 2.26. The van der Waals surface area contributed by atoms with Gasteiger partial charge in [0.2, 0.25) is 0 Å². The van der Waals surface area contributed by atoms with Crippen molar-refractivity contribution in [2.75, 3.05) is 26.2 Å². The first-order valence-electron chi connectivity index (χ1n) is 8.98. The van der Waals surface area contributed by atoms with Crippen LogP contribution >= 0.6 is 23.2 Å². The van der Waals surface area contributed by atoms with Gasteiger partial charge in [-0.15, -0.1) is 0 Å². The highest BCUT2D eigenvalue weighted by atomic mass is 35.5. The van der Waals surface area contributed by atoms with Gasteiger partial charge in [-0.3, -0.25) is 9.88 Å². The van der Waals surface area contributed by atoms with Gasteiger partial charge in [-0.25, -0.2) is 0 Å². The summed E-state index contributed by atoms with van der Waals surface area (Å²) in [5, 5.41) is 5.96. The number of pyridine rings is 1. The number of rotatable bonds is 3. The summed E-state index contributed by atoms with van der Waals surface area (Å²) in [6.45, 7) is 3.97. The van der Waals surface area contributed by atoms with E-state index in [9.17, 15) is 0 Å². The first kappa shape index (κ1) is 17.7. The number of nitrogens with zero attached hydrogens (tertiary/aromatic N) is 2. The molecule has 5 heteroatoms. The Morgan fingerprint density at radius 3 is 2.73 bits per heavy atom. The molecule has 0 bridgehead atoms. The van der Waals surface area contributed by atoms with Gasteiger partial charge in [-0.2, -0.15) is 0 Å². The quantitative estimate of drug-likeness (QED) is 0.692. The summed E-state index contributed by atoms with van der Waals surface area (Å²) >= 11 is 12.7. The Kier molecular flexibility index (Phi) is 5.41. The second-order valence-corrected chi connectivity index (χ2v) is 7.48. The van der Waals surface area contributed by atoms with Crippen molar-refractivity contribution in [2.24, 2.45) is 0 Å². The van der Waals surface area contributed by atoms with Crippen molar-refractivity contribution in [3.05, 3.63) is 75.9 Å². The SMILES string of the molecule is Clc1ccc(C(c2ccc3ccccc3n2)N2CCCNCC2)c(Cl)c1. The molecule has 134 valence electrons. The van der Waals surface area contributed by atoms with Crippen LogP contribution in [0.4, 0.5) is 0 Å². The fourth-order valence-corrected chi connectivity index (χ4v) is 4.14. The molecule has 1 aromatic heterocycles. The third-order valence-corrected chi connectivity index (χ3v) is 5.46. The maximum Gasteiger partial charge on any atom is 0.0791 e. The molecule has 1 aliphatic heterocycles. The van der Waals surface area contributed by atoms with Gasteiger partial charge in [-0.05, 0) is 42.8 Å². The number of halogens is 2. The van der Waals surface area contributed by atoms with E-state index < -0.39 is 0 Å². The number of hydrogen-bond acceptors (Lipinski definition) is 3. The van der Waals surface area contributed by atoms with E-state index in [4.69, 9.17) is 28.2 Å². The van der Waals surface area contributed by atoms with Crippen molar-refractivity contribution >= 4 is 34.1 Å². The predicted molar refractivity (Wildman–Crippen MR) is 109 cm³/mol. The van der Waals surface area contributed by atoms with Crippen LogP contribution in [0.3, 0.4) is 0 Å². The average molecular weight is 386 g/mol. The highest BCUT2D eigenvalue weighted by molar-refractivity contribution is 6.35. The molecule has 0 saturated carbocycles. The topological polar surface area (TPSA) is 28.2 Å². The van der Waals surface area contributed by atoms with Crippen LogP contribution in [-0.4, -0.2) is 36.1 Å². The predicted octanol–water partition coefficient (Wildman–Crippen LogP) is 4.93. The summed E-state index contributed by atoms with van der Waals surface area (Å²) in [5.41, 5.74) is 3.09. The zero-order valence-electron chi connectivity index (χ0n) is 14.5. The van der Waals surface area contributed by atoms with Gasteiger partial charge in [0.25, 0.3) is 0 Å². The summed E-state index contributed by atoms with van der Waals surface area (Å²) in [6, 6.07) is 18.3. The molecule has 2 heterocycles. The second-order valence-electron chi connectivity index (χ2n) is 6.64. The van der Waals surface area contributed by atoms with Gasteiger partial charge in [0.15, 0.2) is 0 Å². The van der Waals surface area contributed by atoms with E-state index in [-0.39, 0.29) is 6.04 Å². The van der Waals surface area contributed by atoms with Crippen LogP contribution in [0.1, 0.15) is 23.7 Å². The Morgan fingerprint density at radius 1 is 0.962 bits per heavy atom.